The van der Waals surface area contributed by atoms with E-state index in [9.17, 15) is 4.79 Å². The molecule has 0 N–H and O–H groups in total. The smallest absolute Gasteiger partial charge is 0.222 e. The van der Waals surface area contributed by atoms with Crippen LogP contribution in [0.3, 0.4) is 0 Å². The minimum Gasteiger partial charge on any atom is -0.495 e. The lowest BCUT2D eigenvalue weighted by molar-refractivity contribution is -0.133. The van der Waals surface area contributed by atoms with E-state index in [0.29, 0.717) is 6.42 Å². The van der Waals surface area contributed by atoms with E-state index in [1.54, 1.807) is 13.3 Å². The summed E-state index contributed by atoms with van der Waals surface area (Å²) in [6.07, 6.45) is 5.08. The van der Waals surface area contributed by atoms with E-state index in [0.717, 1.165) is 44.0 Å². The van der Waals surface area contributed by atoms with Gasteiger partial charge in [-0.05, 0) is 31.5 Å². The van der Waals surface area contributed by atoms with E-state index in [2.05, 4.69) is 23.0 Å². The largest absolute Gasteiger partial charge is 0.495 e. The number of aryl methyl sites for hydroxylation is 1. The van der Waals surface area contributed by atoms with Crippen LogP contribution in [0, 0.1) is 0 Å². The Morgan fingerprint density at radius 1 is 1.28 bits per heavy atom. The number of hydrogen-bond donors (Lipinski definition) is 0. The van der Waals surface area contributed by atoms with Crippen molar-refractivity contribution in [3.63, 3.8) is 0 Å². The van der Waals surface area contributed by atoms with Crippen LogP contribution in [0.15, 0.2) is 42.7 Å². The molecule has 6 heteroatoms. The maximum absolute atomic E-state index is 12.6. The second-order valence-electron chi connectivity index (χ2n) is 6.43. The van der Waals surface area contributed by atoms with E-state index in [-0.39, 0.29) is 11.9 Å². The number of carbonyl (C=O) groups is 1. The van der Waals surface area contributed by atoms with Gasteiger partial charge >= 0.3 is 0 Å². The molecule has 1 aromatic heterocycles. The minimum absolute atomic E-state index is 0.191. The highest BCUT2D eigenvalue weighted by Gasteiger charge is 2.28. The van der Waals surface area contributed by atoms with Gasteiger partial charge in [-0.15, -0.1) is 0 Å². The molecule has 2 aromatic rings. The van der Waals surface area contributed by atoms with Crippen molar-refractivity contribution in [1.29, 1.82) is 0 Å². The summed E-state index contributed by atoms with van der Waals surface area (Å²) < 4.78 is 7.34. The Kier molecular flexibility index (Phi) is 5.58. The van der Waals surface area contributed by atoms with Gasteiger partial charge in [-0.1, -0.05) is 12.1 Å². The summed E-state index contributed by atoms with van der Waals surface area (Å²) in [5.74, 6) is 1.12. The molecular weight excluding hydrogens is 316 g/mol. The average molecular weight is 342 g/mol. The van der Waals surface area contributed by atoms with Crippen molar-refractivity contribution in [2.75, 3.05) is 31.6 Å². The van der Waals surface area contributed by atoms with Crippen molar-refractivity contribution in [3.05, 3.63) is 42.7 Å². The van der Waals surface area contributed by atoms with Crippen LogP contribution in [0.25, 0.3) is 0 Å². The lowest BCUT2D eigenvalue weighted by atomic mass is 10.1. The fraction of sp³-hybridized carbons (Fsp3) is 0.474. The molecule has 1 unspecified atom stereocenters. The molecule has 1 aliphatic rings. The molecule has 1 amide bonds. The van der Waals surface area contributed by atoms with Gasteiger partial charge in [0.1, 0.15) is 5.75 Å². The minimum atomic E-state index is 0.191. The Bertz CT molecular complexity index is 686. The summed E-state index contributed by atoms with van der Waals surface area (Å²) in [6.45, 7) is 5.31. The van der Waals surface area contributed by atoms with Gasteiger partial charge in [0.05, 0.1) is 12.8 Å². The molecule has 1 fully saturated rings. The Labute approximate surface area is 149 Å². The zero-order valence-electron chi connectivity index (χ0n) is 15.0. The Hall–Kier alpha value is -2.50. The first-order valence-electron chi connectivity index (χ1n) is 8.84. The van der Waals surface area contributed by atoms with Gasteiger partial charge in [-0.25, -0.2) is 0 Å². The molecule has 0 bridgehead atoms. The Morgan fingerprint density at radius 2 is 2.12 bits per heavy atom. The van der Waals surface area contributed by atoms with Crippen molar-refractivity contribution >= 4 is 11.6 Å². The van der Waals surface area contributed by atoms with Crippen LogP contribution in [0.5, 0.6) is 5.75 Å². The number of aromatic nitrogens is 2. The fourth-order valence-corrected chi connectivity index (χ4v) is 3.41. The summed E-state index contributed by atoms with van der Waals surface area (Å²) in [6, 6.07) is 10.2. The quantitative estimate of drug-likeness (QED) is 0.809. The first-order chi connectivity index (χ1) is 12.2. The predicted molar refractivity (Wildman–Crippen MR) is 97.8 cm³/mol. The molecule has 0 aliphatic carbocycles. The number of hydrogen-bond acceptors (Lipinski definition) is 4. The summed E-state index contributed by atoms with van der Waals surface area (Å²) in [5.41, 5.74) is 1.10. The average Bonchev–Trinajstić information content (AvgIpc) is 3.15. The van der Waals surface area contributed by atoms with Crippen LogP contribution in [0.2, 0.25) is 0 Å². The van der Waals surface area contributed by atoms with Gasteiger partial charge in [0, 0.05) is 51.0 Å². The summed E-state index contributed by atoms with van der Waals surface area (Å²) >= 11 is 0. The van der Waals surface area contributed by atoms with Crippen molar-refractivity contribution in [2.24, 2.45) is 0 Å². The zero-order chi connectivity index (χ0) is 17.6. The molecular formula is C19H26N4O2. The summed E-state index contributed by atoms with van der Waals surface area (Å²) in [4.78, 5) is 16.9. The molecule has 134 valence electrons. The normalized spacial score (nSPS) is 17.6. The fourth-order valence-electron chi connectivity index (χ4n) is 3.41. The topological polar surface area (TPSA) is 50.6 Å². The van der Waals surface area contributed by atoms with Crippen molar-refractivity contribution in [3.8, 4) is 5.75 Å². The van der Waals surface area contributed by atoms with Gasteiger partial charge < -0.3 is 14.5 Å². The molecule has 1 atom stereocenters. The molecule has 0 spiro atoms. The highest BCUT2D eigenvalue weighted by molar-refractivity contribution is 5.77. The third-order valence-corrected chi connectivity index (χ3v) is 4.71. The first-order valence-corrected chi connectivity index (χ1v) is 8.84. The van der Waals surface area contributed by atoms with Crippen LogP contribution in [0.1, 0.15) is 19.8 Å². The number of methoxy groups -OCH3 is 1. The van der Waals surface area contributed by atoms with Crippen molar-refractivity contribution < 1.29 is 9.53 Å². The first kappa shape index (κ1) is 17.3. The van der Waals surface area contributed by atoms with E-state index in [1.807, 2.05) is 40.0 Å². The van der Waals surface area contributed by atoms with Crippen LogP contribution in [-0.2, 0) is 11.3 Å². The lowest BCUT2D eigenvalue weighted by Crippen LogP contribution is -2.54. The third kappa shape index (κ3) is 4.13. The standard InChI is InChI=1S/C19H26N4O2/c1-16-15-21(17-7-3-4-8-18(17)25-2)13-14-23(16)19(24)9-5-11-22-12-6-10-20-22/h3-4,6-8,10,12,16H,5,9,11,13-15H2,1-2H3. The van der Waals surface area contributed by atoms with E-state index in [4.69, 9.17) is 4.74 Å². The highest BCUT2D eigenvalue weighted by atomic mass is 16.5. The van der Waals surface area contributed by atoms with Gasteiger partial charge in [0.2, 0.25) is 5.91 Å². The highest BCUT2D eigenvalue weighted by Crippen LogP contribution is 2.29. The molecule has 6 nitrogen and oxygen atoms in total. The Balaban J connectivity index is 1.53. The SMILES string of the molecule is COc1ccccc1N1CCN(C(=O)CCCn2cccn2)C(C)C1. The summed E-state index contributed by atoms with van der Waals surface area (Å²) in [5, 5.41) is 4.17. The molecule has 2 heterocycles. The van der Waals surface area contributed by atoms with E-state index in [1.165, 1.54) is 0 Å². The molecule has 3 rings (SSSR count). The van der Waals surface area contributed by atoms with E-state index < -0.39 is 0 Å². The van der Waals surface area contributed by atoms with Gasteiger partial charge in [-0.2, -0.15) is 5.10 Å². The summed E-state index contributed by atoms with van der Waals surface area (Å²) in [7, 11) is 1.70. The lowest BCUT2D eigenvalue weighted by Gasteiger charge is -2.41. The number of rotatable bonds is 6. The van der Waals surface area contributed by atoms with Crippen molar-refractivity contribution in [1.82, 2.24) is 14.7 Å². The van der Waals surface area contributed by atoms with Crippen LogP contribution >= 0.6 is 0 Å². The molecule has 1 aliphatic heterocycles. The van der Waals surface area contributed by atoms with Gasteiger partial charge in [-0.3, -0.25) is 9.48 Å². The monoisotopic (exact) mass is 342 g/mol. The van der Waals surface area contributed by atoms with E-state index >= 15 is 0 Å². The molecule has 1 saturated heterocycles. The predicted octanol–water partition coefficient (Wildman–Crippen LogP) is 2.41. The van der Waals surface area contributed by atoms with Crippen LogP contribution < -0.4 is 9.64 Å². The number of nitrogens with zero attached hydrogens (tertiary/aromatic N) is 4. The second-order valence-corrected chi connectivity index (χ2v) is 6.43. The number of amides is 1. The molecule has 0 radical (unpaired) electrons. The maximum atomic E-state index is 12.6. The number of piperazine rings is 1. The van der Waals surface area contributed by atoms with Crippen molar-refractivity contribution in [2.45, 2.75) is 32.4 Å². The number of carbonyl (C=O) groups excluding carboxylic acids is 1. The number of ether oxygens (including phenoxy) is 1. The van der Waals surface area contributed by atoms with Gasteiger partial charge in [0.25, 0.3) is 0 Å². The third-order valence-electron chi connectivity index (χ3n) is 4.71. The molecule has 25 heavy (non-hydrogen) atoms. The number of para-hydroxylation sites is 2. The zero-order valence-corrected chi connectivity index (χ0v) is 15.0. The Morgan fingerprint density at radius 3 is 2.84 bits per heavy atom. The maximum Gasteiger partial charge on any atom is 0.222 e. The second kappa shape index (κ2) is 8.05. The number of anilines is 1. The van der Waals surface area contributed by atoms with Gasteiger partial charge in [0.15, 0.2) is 0 Å². The van der Waals surface area contributed by atoms with Crippen LogP contribution in [0.4, 0.5) is 5.69 Å². The molecule has 0 saturated carbocycles. The molecule has 1 aromatic carbocycles. The number of benzene rings is 1. The van der Waals surface area contributed by atoms with Crippen LogP contribution in [-0.4, -0.2) is 53.4 Å².